The molecule has 1 aliphatic rings. The second kappa shape index (κ2) is 3.17. The van der Waals surface area contributed by atoms with E-state index in [0.717, 1.165) is 6.08 Å². The minimum atomic E-state index is -0.664. The molecule has 0 amide bonds. The molecule has 5 heteroatoms. The van der Waals surface area contributed by atoms with E-state index in [-0.39, 0.29) is 21.8 Å². The molecule has 0 atom stereocenters. The average Bonchev–Trinajstić information content (AvgIpc) is 2.13. The highest BCUT2D eigenvalue weighted by Crippen LogP contribution is 2.26. The molecule has 15 heavy (non-hydrogen) atoms. The van der Waals surface area contributed by atoms with Crippen LogP contribution in [0.15, 0.2) is 16.9 Å². The topological polar surface area (TPSA) is 67.0 Å². The number of nitrogens with one attached hydrogen (secondary N) is 1. The van der Waals surface area contributed by atoms with Crippen LogP contribution in [-0.2, 0) is 4.79 Å². The number of carbonyl (C=O) groups excluding carboxylic acids is 2. The van der Waals surface area contributed by atoms with Crippen molar-refractivity contribution in [2.45, 2.75) is 6.92 Å². The van der Waals surface area contributed by atoms with E-state index in [1.165, 1.54) is 6.07 Å². The SMILES string of the molecule is Cc1cc(=O)[nH]c2c1C(=O)C(=O)C=C2Cl. The van der Waals surface area contributed by atoms with Gasteiger partial charge in [0, 0.05) is 12.1 Å². The zero-order valence-corrected chi connectivity index (χ0v) is 8.51. The van der Waals surface area contributed by atoms with Crippen molar-refractivity contribution in [2.75, 3.05) is 0 Å². The second-order valence-corrected chi connectivity index (χ2v) is 3.66. The van der Waals surface area contributed by atoms with Gasteiger partial charge < -0.3 is 4.98 Å². The molecule has 2 rings (SSSR count). The summed E-state index contributed by atoms with van der Waals surface area (Å²) in [5, 5.41) is 0.0930. The molecule has 0 radical (unpaired) electrons. The van der Waals surface area contributed by atoms with Gasteiger partial charge in [-0.05, 0) is 12.5 Å². The number of allylic oxidation sites excluding steroid dienone is 1. The summed E-state index contributed by atoms with van der Waals surface area (Å²) in [5.41, 5.74) is 0.525. The molecule has 0 aromatic carbocycles. The highest BCUT2D eigenvalue weighted by Gasteiger charge is 2.27. The Bertz CT molecular complexity index is 569. The standard InChI is InChI=1S/C10H6ClNO3/c1-4-2-7(14)12-9-5(11)3-6(13)10(15)8(4)9/h2-3H,1H3,(H,12,14). The highest BCUT2D eigenvalue weighted by molar-refractivity contribution is 6.59. The summed E-state index contributed by atoms with van der Waals surface area (Å²) in [5.74, 6) is -1.30. The Morgan fingerprint density at radius 2 is 1.93 bits per heavy atom. The van der Waals surface area contributed by atoms with E-state index in [1.54, 1.807) is 6.92 Å². The Morgan fingerprint density at radius 1 is 1.27 bits per heavy atom. The minimum absolute atomic E-state index is 0.0930. The van der Waals surface area contributed by atoms with Crippen LogP contribution in [0.5, 0.6) is 0 Å². The summed E-state index contributed by atoms with van der Waals surface area (Å²) in [4.78, 5) is 36.3. The van der Waals surface area contributed by atoms with Crippen LogP contribution in [0, 0.1) is 6.92 Å². The van der Waals surface area contributed by atoms with E-state index < -0.39 is 11.6 Å². The maximum atomic E-state index is 11.5. The lowest BCUT2D eigenvalue weighted by molar-refractivity contribution is -0.111. The number of hydrogen-bond acceptors (Lipinski definition) is 3. The molecule has 0 fully saturated rings. The fourth-order valence-electron chi connectivity index (χ4n) is 1.54. The maximum Gasteiger partial charge on any atom is 0.248 e. The quantitative estimate of drug-likeness (QED) is 0.668. The third-order valence-electron chi connectivity index (χ3n) is 2.19. The molecule has 0 saturated heterocycles. The van der Waals surface area contributed by atoms with Crippen LogP contribution < -0.4 is 5.56 Å². The number of aromatic amines is 1. The molecule has 1 aliphatic carbocycles. The van der Waals surface area contributed by atoms with Crippen molar-refractivity contribution >= 4 is 28.2 Å². The van der Waals surface area contributed by atoms with Gasteiger partial charge in [0.25, 0.3) is 0 Å². The smallest absolute Gasteiger partial charge is 0.248 e. The number of fused-ring (bicyclic) bond motifs is 1. The van der Waals surface area contributed by atoms with Crippen molar-refractivity contribution in [3.8, 4) is 0 Å². The molecule has 0 aliphatic heterocycles. The molecule has 0 unspecified atom stereocenters. The van der Waals surface area contributed by atoms with Gasteiger partial charge in [-0.3, -0.25) is 14.4 Å². The largest absolute Gasteiger partial charge is 0.321 e. The molecule has 1 aromatic heterocycles. The van der Waals surface area contributed by atoms with Crippen LogP contribution in [0.1, 0.15) is 21.6 Å². The Balaban J connectivity index is 2.86. The maximum absolute atomic E-state index is 11.5. The first-order valence-corrected chi connectivity index (χ1v) is 4.58. The number of ketones is 2. The van der Waals surface area contributed by atoms with Gasteiger partial charge in [0.1, 0.15) is 0 Å². The van der Waals surface area contributed by atoms with Gasteiger partial charge in [-0.25, -0.2) is 0 Å². The second-order valence-electron chi connectivity index (χ2n) is 3.25. The molecular weight excluding hydrogens is 218 g/mol. The fraction of sp³-hybridized carbons (Fsp3) is 0.100. The van der Waals surface area contributed by atoms with E-state index in [1.807, 2.05) is 0 Å². The summed E-state index contributed by atoms with van der Waals surface area (Å²) in [6.45, 7) is 1.59. The number of Topliss-reactive ketones (excluding diaryl/α,β-unsaturated/α-hetero) is 1. The van der Waals surface area contributed by atoms with E-state index in [2.05, 4.69) is 4.98 Å². The van der Waals surface area contributed by atoms with Crippen molar-refractivity contribution in [3.63, 3.8) is 0 Å². The average molecular weight is 224 g/mol. The van der Waals surface area contributed by atoms with Crippen LogP contribution in [0.3, 0.4) is 0 Å². The molecule has 1 aromatic rings. The first kappa shape index (κ1) is 9.86. The number of carbonyl (C=O) groups is 2. The summed E-state index contributed by atoms with van der Waals surface area (Å²) in [6.07, 6.45) is 1.02. The highest BCUT2D eigenvalue weighted by atomic mass is 35.5. The van der Waals surface area contributed by atoms with Gasteiger partial charge in [-0.1, -0.05) is 11.6 Å². The normalized spacial score (nSPS) is 14.9. The van der Waals surface area contributed by atoms with Gasteiger partial charge in [-0.2, -0.15) is 0 Å². The Kier molecular flexibility index (Phi) is 2.08. The summed E-state index contributed by atoms with van der Waals surface area (Å²) in [7, 11) is 0. The van der Waals surface area contributed by atoms with Gasteiger partial charge >= 0.3 is 0 Å². The molecule has 76 valence electrons. The molecule has 0 saturated carbocycles. The number of H-pyrrole nitrogens is 1. The van der Waals surface area contributed by atoms with Crippen molar-refractivity contribution in [1.29, 1.82) is 0 Å². The van der Waals surface area contributed by atoms with Crippen molar-refractivity contribution in [1.82, 2.24) is 4.98 Å². The van der Waals surface area contributed by atoms with Crippen molar-refractivity contribution in [3.05, 3.63) is 39.3 Å². The number of rotatable bonds is 0. The molecule has 1 heterocycles. The molecule has 4 nitrogen and oxygen atoms in total. The van der Waals surface area contributed by atoms with Crippen molar-refractivity contribution < 1.29 is 9.59 Å². The lowest BCUT2D eigenvalue weighted by Gasteiger charge is -2.12. The predicted octanol–water partition coefficient (Wildman–Crippen LogP) is 1.03. The Labute approximate surface area is 89.6 Å². The fourth-order valence-corrected chi connectivity index (χ4v) is 1.78. The lowest BCUT2D eigenvalue weighted by Crippen LogP contribution is -2.23. The van der Waals surface area contributed by atoms with E-state index in [0.29, 0.717) is 5.56 Å². The van der Waals surface area contributed by atoms with E-state index in [4.69, 9.17) is 11.6 Å². The molecule has 0 spiro atoms. The van der Waals surface area contributed by atoms with Crippen LogP contribution in [0.4, 0.5) is 0 Å². The Hall–Kier alpha value is -1.68. The zero-order valence-electron chi connectivity index (χ0n) is 7.76. The zero-order chi connectivity index (χ0) is 11.2. The van der Waals surface area contributed by atoms with Gasteiger partial charge in [0.2, 0.25) is 17.1 Å². The lowest BCUT2D eigenvalue weighted by atomic mass is 9.95. The first-order valence-electron chi connectivity index (χ1n) is 4.21. The third-order valence-corrected chi connectivity index (χ3v) is 2.49. The predicted molar refractivity (Wildman–Crippen MR) is 55.0 cm³/mol. The van der Waals surface area contributed by atoms with E-state index >= 15 is 0 Å². The molecule has 0 bridgehead atoms. The van der Waals surface area contributed by atoms with Crippen LogP contribution in [0.2, 0.25) is 0 Å². The van der Waals surface area contributed by atoms with Crippen LogP contribution in [0.25, 0.3) is 5.03 Å². The first-order chi connectivity index (χ1) is 7.00. The van der Waals surface area contributed by atoms with Crippen LogP contribution >= 0.6 is 11.6 Å². The number of hydrogen-bond donors (Lipinski definition) is 1. The number of pyridine rings is 1. The van der Waals surface area contributed by atoms with Gasteiger partial charge in [0.15, 0.2) is 0 Å². The van der Waals surface area contributed by atoms with Crippen molar-refractivity contribution in [2.24, 2.45) is 0 Å². The molecule has 1 N–H and O–H groups in total. The molecular formula is C10H6ClNO3. The Morgan fingerprint density at radius 3 is 2.60 bits per heavy atom. The van der Waals surface area contributed by atoms with Crippen LogP contribution in [-0.4, -0.2) is 16.6 Å². The number of aryl methyl sites for hydroxylation is 1. The third kappa shape index (κ3) is 1.43. The van der Waals surface area contributed by atoms with Gasteiger partial charge in [0.05, 0.1) is 16.3 Å². The minimum Gasteiger partial charge on any atom is -0.321 e. The summed E-state index contributed by atoms with van der Waals surface area (Å²) < 4.78 is 0. The monoisotopic (exact) mass is 223 g/mol. The summed E-state index contributed by atoms with van der Waals surface area (Å²) >= 11 is 5.77. The van der Waals surface area contributed by atoms with Gasteiger partial charge in [-0.15, -0.1) is 0 Å². The summed E-state index contributed by atoms with van der Waals surface area (Å²) in [6, 6.07) is 1.26. The number of halogens is 1. The van der Waals surface area contributed by atoms with E-state index in [9.17, 15) is 14.4 Å². The number of aromatic nitrogens is 1.